The normalized spacial score (nSPS) is 16.5. The van der Waals surface area contributed by atoms with Gasteiger partial charge in [-0.3, -0.25) is 4.79 Å². The molecule has 0 spiro atoms. The van der Waals surface area contributed by atoms with E-state index in [-0.39, 0.29) is 11.9 Å². The minimum atomic E-state index is -0.230. The molecule has 6 heteroatoms. The number of hydrogen-bond acceptors (Lipinski definition) is 2. The molecule has 4 rings (SSSR count). The highest BCUT2D eigenvalue weighted by atomic mass is 35.5. The van der Waals surface area contributed by atoms with Crippen molar-refractivity contribution < 1.29 is 4.79 Å². The lowest BCUT2D eigenvalue weighted by atomic mass is 9.98. The van der Waals surface area contributed by atoms with E-state index >= 15 is 0 Å². The molecule has 1 aliphatic heterocycles. The molecule has 0 radical (unpaired) electrons. The third-order valence-electron chi connectivity index (χ3n) is 4.66. The van der Waals surface area contributed by atoms with Gasteiger partial charge >= 0.3 is 0 Å². The quantitative estimate of drug-likeness (QED) is 0.576. The van der Waals surface area contributed by atoms with Crippen LogP contribution >= 0.6 is 23.2 Å². The van der Waals surface area contributed by atoms with Crippen molar-refractivity contribution in [2.24, 2.45) is 5.10 Å². The summed E-state index contributed by atoms with van der Waals surface area (Å²) in [6.45, 7) is 1.51. The van der Waals surface area contributed by atoms with Gasteiger partial charge in [-0.25, -0.2) is 5.01 Å². The van der Waals surface area contributed by atoms with Gasteiger partial charge in [-0.1, -0.05) is 41.4 Å². The Balaban J connectivity index is 1.64. The third kappa shape index (κ3) is 3.51. The first kappa shape index (κ1) is 17.8. The monoisotopic (exact) mass is 397 g/mol. The Hall–Kier alpha value is -2.56. The van der Waals surface area contributed by atoms with Crippen LogP contribution in [0.3, 0.4) is 0 Å². The van der Waals surface area contributed by atoms with Crippen LogP contribution in [0.4, 0.5) is 0 Å². The number of halogens is 2. The lowest BCUT2D eigenvalue weighted by Crippen LogP contribution is -2.24. The van der Waals surface area contributed by atoms with Crippen molar-refractivity contribution >= 4 is 34.8 Å². The van der Waals surface area contributed by atoms with E-state index in [0.717, 1.165) is 22.5 Å². The minimum Gasteiger partial charge on any atom is -0.324 e. The second-order valence-corrected chi connectivity index (χ2v) is 7.28. The van der Waals surface area contributed by atoms with Gasteiger partial charge in [0.05, 0.1) is 11.8 Å². The Morgan fingerprint density at radius 3 is 2.41 bits per heavy atom. The van der Waals surface area contributed by atoms with Crippen LogP contribution in [0.1, 0.15) is 30.5 Å². The smallest absolute Gasteiger partial charge is 0.240 e. The fourth-order valence-electron chi connectivity index (χ4n) is 3.32. The summed E-state index contributed by atoms with van der Waals surface area (Å²) in [4.78, 5) is 12.1. The molecule has 0 bridgehead atoms. The van der Waals surface area contributed by atoms with Crippen LogP contribution in [0.25, 0.3) is 5.69 Å². The van der Waals surface area contributed by atoms with Gasteiger partial charge in [-0.15, -0.1) is 0 Å². The zero-order valence-electron chi connectivity index (χ0n) is 14.6. The van der Waals surface area contributed by atoms with Gasteiger partial charge in [0, 0.05) is 41.5 Å². The lowest BCUT2D eigenvalue weighted by Gasteiger charge is -2.21. The zero-order chi connectivity index (χ0) is 19.0. The summed E-state index contributed by atoms with van der Waals surface area (Å²) in [7, 11) is 0. The highest BCUT2D eigenvalue weighted by molar-refractivity contribution is 6.35. The Kier molecular flexibility index (Phi) is 4.77. The molecular formula is C21H17Cl2N3O. The molecule has 4 nitrogen and oxygen atoms in total. The largest absolute Gasteiger partial charge is 0.324 e. The van der Waals surface area contributed by atoms with E-state index in [1.165, 1.54) is 11.9 Å². The average Bonchev–Trinajstić information content (AvgIpc) is 3.32. The topological polar surface area (TPSA) is 37.6 Å². The van der Waals surface area contributed by atoms with E-state index in [1.807, 2.05) is 59.4 Å². The molecular weight excluding hydrogens is 381 g/mol. The van der Waals surface area contributed by atoms with Crippen LogP contribution in [0.2, 0.25) is 10.0 Å². The molecule has 1 aromatic heterocycles. The van der Waals surface area contributed by atoms with E-state index in [1.54, 1.807) is 12.1 Å². The Bertz CT molecular complexity index is 1010. The van der Waals surface area contributed by atoms with Gasteiger partial charge in [0.1, 0.15) is 0 Å². The van der Waals surface area contributed by atoms with Gasteiger partial charge in [-0.2, -0.15) is 5.10 Å². The molecule has 0 saturated heterocycles. The molecule has 3 aromatic rings. The second kappa shape index (κ2) is 7.22. The predicted octanol–water partition coefficient (Wildman–Crippen LogP) is 5.48. The summed E-state index contributed by atoms with van der Waals surface area (Å²) in [6.07, 6.45) is 4.60. The van der Waals surface area contributed by atoms with Crippen LogP contribution in [0, 0.1) is 0 Å². The van der Waals surface area contributed by atoms with E-state index in [2.05, 4.69) is 5.10 Å². The van der Waals surface area contributed by atoms with Crippen LogP contribution < -0.4 is 0 Å². The third-order valence-corrected chi connectivity index (χ3v) is 5.22. The highest BCUT2D eigenvalue weighted by Gasteiger charge is 2.32. The van der Waals surface area contributed by atoms with E-state index in [0.29, 0.717) is 16.5 Å². The van der Waals surface area contributed by atoms with Crippen molar-refractivity contribution in [2.75, 3.05) is 0 Å². The molecule has 1 atom stereocenters. The van der Waals surface area contributed by atoms with Crippen LogP contribution in [0.5, 0.6) is 0 Å². The van der Waals surface area contributed by atoms with Crippen molar-refractivity contribution in [1.82, 2.24) is 9.58 Å². The van der Waals surface area contributed by atoms with E-state index in [4.69, 9.17) is 23.2 Å². The number of hydrogen-bond donors (Lipinski definition) is 0. The number of carbonyl (C=O) groups is 1. The standard InChI is InChI=1S/C21H17Cl2N3O/c1-14(27)26-21(18-9-6-16(22)12-19(18)23)13-20(24-26)15-4-7-17(8-5-15)25-10-2-3-11-25/h2-12,21H,13H2,1H3. The summed E-state index contributed by atoms with van der Waals surface area (Å²) in [5.41, 5.74) is 3.77. The summed E-state index contributed by atoms with van der Waals surface area (Å²) in [6, 6.07) is 17.2. The van der Waals surface area contributed by atoms with Gasteiger partial charge < -0.3 is 4.57 Å². The number of aromatic nitrogens is 1. The summed E-state index contributed by atoms with van der Waals surface area (Å²) in [5, 5.41) is 7.19. The first-order valence-electron chi connectivity index (χ1n) is 8.59. The molecule has 0 N–H and O–H groups in total. The van der Waals surface area contributed by atoms with Crippen molar-refractivity contribution in [3.05, 3.63) is 88.2 Å². The lowest BCUT2D eigenvalue weighted by molar-refractivity contribution is -0.130. The number of hydrazone groups is 1. The fraction of sp³-hybridized carbons (Fsp3) is 0.143. The van der Waals surface area contributed by atoms with Gasteiger partial charge in [0.25, 0.3) is 0 Å². The number of rotatable bonds is 3. The maximum Gasteiger partial charge on any atom is 0.240 e. The molecule has 1 unspecified atom stereocenters. The van der Waals surface area contributed by atoms with Gasteiger partial charge in [-0.05, 0) is 47.5 Å². The van der Waals surface area contributed by atoms with Crippen molar-refractivity contribution in [2.45, 2.75) is 19.4 Å². The van der Waals surface area contributed by atoms with Gasteiger partial charge in [0.15, 0.2) is 0 Å². The predicted molar refractivity (Wildman–Crippen MR) is 109 cm³/mol. The Morgan fingerprint density at radius 1 is 1.07 bits per heavy atom. The number of benzene rings is 2. The van der Waals surface area contributed by atoms with Crippen LogP contribution in [-0.2, 0) is 4.79 Å². The molecule has 0 fully saturated rings. The Labute approximate surface area is 167 Å². The molecule has 2 aromatic carbocycles. The van der Waals surface area contributed by atoms with Crippen LogP contribution in [-0.4, -0.2) is 21.2 Å². The SMILES string of the molecule is CC(=O)N1N=C(c2ccc(-n3cccc3)cc2)CC1c1ccc(Cl)cc1Cl. The Morgan fingerprint density at radius 2 is 1.78 bits per heavy atom. The molecule has 0 aliphatic carbocycles. The average molecular weight is 398 g/mol. The van der Waals surface area contributed by atoms with Crippen molar-refractivity contribution in [1.29, 1.82) is 0 Å². The highest BCUT2D eigenvalue weighted by Crippen LogP contribution is 2.37. The molecule has 2 heterocycles. The molecule has 136 valence electrons. The second-order valence-electron chi connectivity index (χ2n) is 6.43. The maximum absolute atomic E-state index is 12.1. The molecule has 1 amide bonds. The summed E-state index contributed by atoms with van der Waals surface area (Å²) in [5.74, 6) is -0.120. The number of nitrogens with zero attached hydrogens (tertiary/aromatic N) is 3. The first-order chi connectivity index (χ1) is 13.0. The molecule has 0 saturated carbocycles. The van der Waals surface area contributed by atoms with Crippen molar-refractivity contribution in [3.63, 3.8) is 0 Å². The number of carbonyl (C=O) groups excluding carboxylic acids is 1. The van der Waals surface area contributed by atoms with Crippen molar-refractivity contribution in [3.8, 4) is 5.69 Å². The fourth-order valence-corrected chi connectivity index (χ4v) is 3.86. The summed E-state index contributed by atoms with van der Waals surface area (Å²) < 4.78 is 2.04. The number of amides is 1. The van der Waals surface area contributed by atoms with Gasteiger partial charge in [0.2, 0.25) is 5.91 Å². The van der Waals surface area contributed by atoms with Crippen LogP contribution in [0.15, 0.2) is 72.1 Å². The summed E-state index contributed by atoms with van der Waals surface area (Å²) >= 11 is 12.4. The zero-order valence-corrected chi connectivity index (χ0v) is 16.2. The minimum absolute atomic E-state index is 0.120. The first-order valence-corrected chi connectivity index (χ1v) is 9.34. The maximum atomic E-state index is 12.1. The molecule has 27 heavy (non-hydrogen) atoms. The van der Waals surface area contributed by atoms with E-state index < -0.39 is 0 Å². The molecule has 1 aliphatic rings. The van der Waals surface area contributed by atoms with E-state index in [9.17, 15) is 4.79 Å².